The van der Waals surface area contributed by atoms with E-state index in [0.29, 0.717) is 18.5 Å². The zero-order valence-electron chi connectivity index (χ0n) is 18.4. The molecule has 164 valence electrons. The molecule has 1 saturated heterocycles. The van der Waals surface area contributed by atoms with Crippen molar-refractivity contribution in [2.24, 2.45) is 10.9 Å². The first-order valence-corrected chi connectivity index (χ1v) is 11.0. The van der Waals surface area contributed by atoms with Crippen LogP contribution in [0.3, 0.4) is 0 Å². The lowest BCUT2D eigenvalue weighted by molar-refractivity contribution is 0.198. The van der Waals surface area contributed by atoms with Crippen molar-refractivity contribution in [2.45, 2.75) is 59.3 Å². The molecule has 3 rings (SSSR count). The predicted molar refractivity (Wildman–Crippen MR) is 120 cm³/mol. The van der Waals surface area contributed by atoms with Gasteiger partial charge in [0.15, 0.2) is 5.96 Å². The molecule has 1 aromatic heterocycles. The van der Waals surface area contributed by atoms with Gasteiger partial charge >= 0.3 is 0 Å². The average molecular weight is 415 g/mol. The summed E-state index contributed by atoms with van der Waals surface area (Å²) < 4.78 is 15.3. The molecule has 0 saturated carbocycles. The highest BCUT2D eigenvalue weighted by molar-refractivity contribution is 5.80. The number of rotatable bonds is 8. The summed E-state index contributed by atoms with van der Waals surface area (Å²) in [4.78, 5) is 11.7. The van der Waals surface area contributed by atoms with Crippen LogP contribution in [0.2, 0.25) is 0 Å². The van der Waals surface area contributed by atoms with E-state index in [1.54, 1.807) is 0 Å². The number of guanidine groups is 1. The smallest absolute Gasteiger partial charge is 0.191 e. The molecule has 2 heterocycles. The summed E-state index contributed by atoms with van der Waals surface area (Å²) in [5, 5.41) is 6.96. The number of hydrogen-bond donors (Lipinski definition) is 2. The summed E-state index contributed by atoms with van der Waals surface area (Å²) in [6.07, 6.45) is 6.01. The summed E-state index contributed by atoms with van der Waals surface area (Å²) in [5.41, 5.74) is 1.16. The van der Waals surface area contributed by atoms with Crippen molar-refractivity contribution in [3.8, 4) is 0 Å². The minimum atomic E-state index is -0.177. The minimum absolute atomic E-state index is 0.177. The first-order chi connectivity index (χ1) is 14.5. The molecule has 30 heavy (non-hydrogen) atoms. The molecule has 0 amide bonds. The van der Waals surface area contributed by atoms with Gasteiger partial charge in [0.05, 0.1) is 0 Å². The van der Waals surface area contributed by atoms with Gasteiger partial charge in [-0.3, -0.25) is 4.90 Å². The SMILES string of the molecule is CCNC(=NCc1nccn1CC(C)C)NC1CCN(Cc2ccc(F)cc2)CC1. The Kier molecular flexibility index (Phi) is 8.25. The molecule has 1 fully saturated rings. The second-order valence-electron chi connectivity index (χ2n) is 8.41. The predicted octanol–water partition coefficient (Wildman–Crippen LogP) is 3.40. The largest absolute Gasteiger partial charge is 0.357 e. The molecule has 1 aliphatic rings. The molecule has 0 spiro atoms. The van der Waals surface area contributed by atoms with Gasteiger partial charge in [-0.25, -0.2) is 14.4 Å². The molecule has 6 nitrogen and oxygen atoms in total. The fraction of sp³-hybridized carbons (Fsp3) is 0.565. The van der Waals surface area contributed by atoms with Crippen molar-refractivity contribution >= 4 is 5.96 Å². The summed E-state index contributed by atoms with van der Waals surface area (Å²) in [6, 6.07) is 7.23. The fourth-order valence-electron chi connectivity index (χ4n) is 3.80. The highest BCUT2D eigenvalue weighted by Gasteiger charge is 2.20. The second kappa shape index (κ2) is 11.1. The van der Waals surface area contributed by atoms with Crippen LogP contribution in [0.4, 0.5) is 4.39 Å². The average Bonchev–Trinajstić information content (AvgIpc) is 3.16. The normalized spacial score (nSPS) is 16.2. The number of aliphatic imine (C=N–C) groups is 1. The summed E-state index contributed by atoms with van der Waals surface area (Å²) in [7, 11) is 0. The van der Waals surface area contributed by atoms with Crippen LogP contribution in [0, 0.1) is 11.7 Å². The van der Waals surface area contributed by atoms with Crippen LogP contribution in [-0.2, 0) is 19.6 Å². The first kappa shape index (κ1) is 22.3. The molecule has 1 aromatic carbocycles. The van der Waals surface area contributed by atoms with Gasteiger partial charge < -0.3 is 15.2 Å². The zero-order valence-corrected chi connectivity index (χ0v) is 18.4. The van der Waals surface area contributed by atoms with E-state index < -0.39 is 0 Å². The van der Waals surface area contributed by atoms with Crippen LogP contribution < -0.4 is 10.6 Å². The van der Waals surface area contributed by atoms with Crippen LogP contribution in [0.25, 0.3) is 0 Å². The molecular formula is C23H35FN6. The quantitative estimate of drug-likeness (QED) is 0.514. The van der Waals surface area contributed by atoms with Crippen LogP contribution >= 0.6 is 0 Å². The Morgan fingerprint density at radius 1 is 1.23 bits per heavy atom. The van der Waals surface area contributed by atoms with Gasteiger partial charge in [0, 0.05) is 51.2 Å². The van der Waals surface area contributed by atoms with Gasteiger partial charge in [0.2, 0.25) is 0 Å². The number of aromatic nitrogens is 2. The van der Waals surface area contributed by atoms with Crippen molar-refractivity contribution in [3.05, 3.63) is 53.9 Å². The van der Waals surface area contributed by atoms with Crippen molar-refractivity contribution in [1.82, 2.24) is 25.1 Å². The van der Waals surface area contributed by atoms with E-state index in [2.05, 4.69) is 45.9 Å². The Hall–Kier alpha value is -2.41. The molecule has 0 unspecified atom stereocenters. The fourth-order valence-corrected chi connectivity index (χ4v) is 3.80. The Balaban J connectivity index is 1.50. The highest BCUT2D eigenvalue weighted by Crippen LogP contribution is 2.14. The Bertz CT molecular complexity index is 790. The molecule has 7 heteroatoms. The Morgan fingerprint density at radius 2 is 1.97 bits per heavy atom. The van der Waals surface area contributed by atoms with Crippen LogP contribution in [0.5, 0.6) is 0 Å². The first-order valence-electron chi connectivity index (χ1n) is 11.0. The van der Waals surface area contributed by atoms with E-state index in [4.69, 9.17) is 4.99 Å². The number of nitrogens with zero attached hydrogens (tertiary/aromatic N) is 4. The van der Waals surface area contributed by atoms with Crippen LogP contribution in [0.15, 0.2) is 41.7 Å². The van der Waals surface area contributed by atoms with Crippen molar-refractivity contribution < 1.29 is 4.39 Å². The Morgan fingerprint density at radius 3 is 2.63 bits per heavy atom. The maximum atomic E-state index is 13.1. The van der Waals surface area contributed by atoms with E-state index in [0.717, 1.165) is 62.9 Å². The number of nitrogens with one attached hydrogen (secondary N) is 2. The van der Waals surface area contributed by atoms with Gasteiger partial charge in [-0.1, -0.05) is 26.0 Å². The maximum absolute atomic E-state index is 13.1. The number of piperidine rings is 1. The molecule has 1 aliphatic heterocycles. The summed E-state index contributed by atoms with van der Waals surface area (Å²) >= 11 is 0. The lowest BCUT2D eigenvalue weighted by atomic mass is 10.0. The third kappa shape index (κ3) is 6.83. The molecule has 2 N–H and O–H groups in total. The number of hydrogen-bond acceptors (Lipinski definition) is 3. The van der Waals surface area contributed by atoms with Crippen LogP contribution in [0.1, 0.15) is 45.0 Å². The van der Waals surface area contributed by atoms with Gasteiger partial charge in [0.1, 0.15) is 18.2 Å². The van der Waals surface area contributed by atoms with Crippen molar-refractivity contribution in [2.75, 3.05) is 19.6 Å². The van der Waals surface area contributed by atoms with E-state index >= 15 is 0 Å². The van der Waals surface area contributed by atoms with Crippen LogP contribution in [-0.4, -0.2) is 46.1 Å². The van der Waals surface area contributed by atoms with Crippen molar-refractivity contribution in [1.29, 1.82) is 0 Å². The topological polar surface area (TPSA) is 57.5 Å². The van der Waals surface area contributed by atoms with Gasteiger partial charge in [-0.2, -0.15) is 0 Å². The molecule has 0 aliphatic carbocycles. The maximum Gasteiger partial charge on any atom is 0.191 e. The number of imidazole rings is 1. The summed E-state index contributed by atoms with van der Waals surface area (Å²) in [5.74, 6) is 2.25. The Labute approximate surface area is 179 Å². The van der Waals surface area contributed by atoms with E-state index in [-0.39, 0.29) is 5.82 Å². The molecule has 0 bridgehead atoms. The van der Waals surface area contributed by atoms with Gasteiger partial charge in [0.25, 0.3) is 0 Å². The third-order valence-corrected chi connectivity index (χ3v) is 5.33. The zero-order chi connectivity index (χ0) is 21.3. The molecule has 0 radical (unpaired) electrons. The molecule has 0 atom stereocenters. The number of likely N-dealkylation sites (tertiary alicyclic amines) is 1. The highest BCUT2D eigenvalue weighted by atomic mass is 19.1. The third-order valence-electron chi connectivity index (χ3n) is 5.33. The lowest BCUT2D eigenvalue weighted by Gasteiger charge is -2.33. The number of halogens is 1. The summed E-state index contributed by atoms with van der Waals surface area (Å²) in [6.45, 7) is 11.8. The monoisotopic (exact) mass is 414 g/mol. The standard InChI is InChI=1S/C23H35FN6/c1-4-25-23(27-15-22-26-11-14-30(22)16-18(2)3)28-21-9-12-29(13-10-21)17-19-5-7-20(24)8-6-19/h5-8,11,14,18,21H,4,9-10,12-13,15-17H2,1-3H3,(H2,25,27,28). The van der Waals surface area contributed by atoms with E-state index in [1.165, 1.54) is 12.1 Å². The van der Waals surface area contributed by atoms with Gasteiger partial charge in [-0.05, 0) is 43.4 Å². The van der Waals surface area contributed by atoms with E-state index in [1.807, 2.05) is 24.5 Å². The molecule has 2 aromatic rings. The van der Waals surface area contributed by atoms with Crippen molar-refractivity contribution in [3.63, 3.8) is 0 Å². The minimum Gasteiger partial charge on any atom is -0.357 e. The lowest BCUT2D eigenvalue weighted by Crippen LogP contribution is -2.48. The molecular weight excluding hydrogens is 379 g/mol. The van der Waals surface area contributed by atoms with Gasteiger partial charge in [-0.15, -0.1) is 0 Å². The second-order valence-corrected chi connectivity index (χ2v) is 8.41. The van der Waals surface area contributed by atoms with E-state index in [9.17, 15) is 4.39 Å². The number of benzene rings is 1.